The lowest BCUT2D eigenvalue weighted by Crippen LogP contribution is -2.37. The molecule has 3 rings (SSSR count). The zero-order valence-corrected chi connectivity index (χ0v) is 15.7. The third-order valence-electron chi connectivity index (χ3n) is 4.65. The highest BCUT2D eigenvalue weighted by atomic mass is 35.5. The molecule has 0 fully saturated rings. The highest BCUT2D eigenvalue weighted by Crippen LogP contribution is 2.35. The van der Waals surface area contributed by atoms with Crippen LogP contribution in [0.3, 0.4) is 0 Å². The summed E-state index contributed by atoms with van der Waals surface area (Å²) in [5.74, 6) is -2.30. The number of fused-ring (bicyclic) bond motifs is 1. The van der Waals surface area contributed by atoms with Crippen LogP contribution in [0, 0.1) is 5.82 Å². The van der Waals surface area contributed by atoms with Crippen LogP contribution in [0.4, 0.5) is 17.6 Å². The van der Waals surface area contributed by atoms with Gasteiger partial charge in [0.2, 0.25) is 5.91 Å². The van der Waals surface area contributed by atoms with Crippen LogP contribution in [0.1, 0.15) is 35.4 Å². The van der Waals surface area contributed by atoms with Gasteiger partial charge >= 0.3 is 12.1 Å². The van der Waals surface area contributed by atoms with E-state index in [1.54, 1.807) is 0 Å². The highest BCUT2D eigenvalue weighted by molar-refractivity contribution is 6.30. The lowest BCUT2D eigenvalue weighted by Gasteiger charge is -2.28. The van der Waals surface area contributed by atoms with Gasteiger partial charge in [0, 0.05) is 29.1 Å². The monoisotopic (exact) mass is 433 g/mol. The smallest absolute Gasteiger partial charge is 0.435 e. The van der Waals surface area contributed by atoms with Crippen molar-refractivity contribution in [3.8, 4) is 0 Å². The number of carbonyl (C=O) groups is 2. The molecule has 0 saturated heterocycles. The third kappa shape index (κ3) is 4.69. The maximum Gasteiger partial charge on any atom is 0.435 e. The molecule has 1 aromatic heterocycles. The molecular formula is C18H16ClF4N3O3. The molecule has 0 bridgehead atoms. The Balaban J connectivity index is 1.93. The second-order valence-corrected chi connectivity index (χ2v) is 7.06. The van der Waals surface area contributed by atoms with E-state index in [-0.39, 0.29) is 60.7 Å². The molecule has 0 saturated carbocycles. The van der Waals surface area contributed by atoms with E-state index in [0.717, 1.165) is 10.7 Å². The molecule has 2 aromatic rings. The molecular weight excluding hydrogens is 418 g/mol. The molecule has 1 aliphatic heterocycles. The zero-order chi connectivity index (χ0) is 21.3. The van der Waals surface area contributed by atoms with Crippen LogP contribution in [-0.4, -0.2) is 38.2 Å². The number of benzene rings is 1. The Kier molecular flexibility index (Phi) is 5.83. The van der Waals surface area contributed by atoms with Crippen molar-refractivity contribution in [2.24, 2.45) is 0 Å². The Hall–Kier alpha value is -2.62. The summed E-state index contributed by atoms with van der Waals surface area (Å²) in [6, 6.07) is 3.83. The number of rotatable bonds is 5. The van der Waals surface area contributed by atoms with Gasteiger partial charge in [-0.3, -0.25) is 14.3 Å². The Morgan fingerprint density at radius 2 is 1.97 bits per heavy atom. The number of aliphatic carboxylic acids is 1. The molecule has 1 aliphatic rings. The second kappa shape index (κ2) is 8.02. The van der Waals surface area contributed by atoms with E-state index in [9.17, 15) is 27.2 Å². The maximum absolute atomic E-state index is 14.1. The van der Waals surface area contributed by atoms with Crippen LogP contribution in [0.25, 0.3) is 0 Å². The molecule has 6 nitrogen and oxygen atoms in total. The molecule has 2 heterocycles. The molecule has 0 radical (unpaired) electrons. The summed E-state index contributed by atoms with van der Waals surface area (Å²) in [6.07, 6.45) is -5.39. The number of halogens is 5. The zero-order valence-electron chi connectivity index (χ0n) is 15.0. The van der Waals surface area contributed by atoms with Crippen LogP contribution < -0.4 is 0 Å². The molecule has 1 amide bonds. The Morgan fingerprint density at radius 3 is 2.59 bits per heavy atom. The lowest BCUT2D eigenvalue weighted by molar-refractivity contribution is -0.142. The van der Waals surface area contributed by atoms with E-state index >= 15 is 0 Å². The van der Waals surface area contributed by atoms with Gasteiger partial charge in [0.25, 0.3) is 0 Å². The van der Waals surface area contributed by atoms with Crippen LogP contribution in [0.5, 0.6) is 0 Å². The molecule has 0 atom stereocenters. The van der Waals surface area contributed by atoms with Gasteiger partial charge in [-0.05, 0) is 18.6 Å². The first kappa shape index (κ1) is 21.1. The SMILES string of the molecule is O=C(O)CCC(=O)N1CCc2c(C(F)(F)F)nn(Cc3ccc(Cl)cc3F)c2C1. The second-order valence-electron chi connectivity index (χ2n) is 6.62. The average molecular weight is 434 g/mol. The van der Waals surface area contributed by atoms with Crippen molar-refractivity contribution in [3.63, 3.8) is 0 Å². The number of hydrogen-bond acceptors (Lipinski definition) is 3. The summed E-state index contributed by atoms with van der Waals surface area (Å²) < 4.78 is 55.4. The van der Waals surface area contributed by atoms with Crippen LogP contribution >= 0.6 is 11.6 Å². The van der Waals surface area contributed by atoms with E-state index in [2.05, 4.69) is 5.10 Å². The van der Waals surface area contributed by atoms with Crippen molar-refractivity contribution in [2.75, 3.05) is 6.54 Å². The van der Waals surface area contributed by atoms with E-state index < -0.39 is 29.6 Å². The average Bonchev–Trinajstić information content (AvgIpc) is 3.00. The van der Waals surface area contributed by atoms with Gasteiger partial charge in [-0.2, -0.15) is 18.3 Å². The number of alkyl halides is 3. The van der Waals surface area contributed by atoms with Gasteiger partial charge in [0.05, 0.1) is 25.2 Å². The predicted molar refractivity (Wildman–Crippen MR) is 93.7 cm³/mol. The number of aromatic nitrogens is 2. The van der Waals surface area contributed by atoms with Crippen molar-refractivity contribution < 1.29 is 32.3 Å². The van der Waals surface area contributed by atoms with Gasteiger partial charge in [0.15, 0.2) is 5.69 Å². The van der Waals surface area contributed by atoms with Crippen molar-refractivity contribution in [1.29, 1.82) is 0 Å². The number of carbonyl (C=O) groups excluding carboxylic acids is 1. The topological polar surface area (TPSA) is 75.4 Å². The molecule has 29 heavy (non-hydrogen) atoms. The van der Waals surface area contributed by atoms with Gasteiger partial charge in [0.1, 0.15) is 5.82 Å². The number of hydrogen-bond donors (Lipinski definition) is 1. The number of nitrogens with zero attached hydrogens (tertiary/aromatic N) is 3. The van der Waals surface area contributed by atoms with E-state index in [1.165, 1.54) is 17.0 Å². The molecule has 1 N–H and O–H groups in total. The van der Waals surface area contributed by atoms with Crippen LogP contribution in [0.15, 0.2) is 18.2 Å². The summed E-state index contributed by atoms with van der Waals surface area (Å²) in [4.78, 5) is 24.2. The first-order valence-electron chi connectivity index (χ1n) is 8.65. The normalized spacial score (nSPS) is 14.0. The fraction of sp³-hybridized carbons (Fsp3) is 0.389. The van der Waals surface area contributed by atoms with Crippen molar-refractivity contribution in [3.05, 3.63) is 51.6 Å². The molecule has 0 spiro atoms. The fourth-order valence-electron chi connectivity index (χ4n) is 3.23. The number of amides is 1. The minimum Gasteiger partial charge on any atom is -0.481 e. The minimum atomic E-state index is -4.69. The molecule has 11 heteroatoms. The standard InChI is InChI=1S/C18H16ClF4N3O3/c19-11-2-1-10(13(20)7-11)8-26-14-9-25(15(27)3-4-16(28)29)6-5-12(14)17(24-26)18(21,22)23/h1-2,7H,3-6,8-9H2,(H,28,29). The summed E-state index contributed by atoms with van der Waals surface area (Å²) in [6.45, 7) is -0.403. The first-order chi connectivity index (χ1) is 13.6. The third-order valence-corrected chi connectivity index (χ3v) is 4.88. The Labute approximate surface area is 167 Å². The summed E-state index contributed by atoms with van der Waals surface area (Å²) in [5.41, 5.74) is -0.835. The predicted octanol–water partition coefficient (Wildman–Crippen LogP) is 3.49. The van der Waals surface area contributed by atoms with Gasteiger partial charge in [-0.1, -0.05) is 17.7 Å². The quantitative estimate of drug-likeness (QED) is 0.732. The van der Waals surface area contributed by atoms with Crippen molar-refractivity contribution in [1.82, 2.24) is 14.7 Å². The molecule has 0 aliphatic carbocycles. The Bertz CT molecular complexity index is 959. The van der Waals surface area contributed by atoms with Crippen LogP contribution in [-0.2, 0) is 35.3 Å². The van der Waals surface area contributed by atoms with Crippen LogP contribution in [0.2, 0.25) is 5.02 Å². The highest BCUT2D eigenvalue weighted by Gasteiger charge is 2.41. The molecule has 156 valence electrons. The van der Waals surface area contributed by atoms with E-state index in [0.29, 0.717) is 0 Å². The summed E-state index contributed by atoms with van der Waals surface area (Å²) in [5, 5.41) is 12.5. The van der Waals surface area contributed by atoms with E-state index in [1.807, 2.05) is 0 Å². The molecule has 0 unspecified atom stereocenters. The maximum atomic E-state index is 14.1. The largest absolute Gasteiger partial charge is 0.481 e. The lowest BCUT2D eigenvalue weighted by atomic mass is 10.0. The van der Waals surface area contributed by atoms with Gasteiger partial charge in [-0.25, -0.2) is 4.39 Å². The van der Waals surface area contributed by atoms with Crippen molar-refractivity contribution >= 4 is 23.5 Å². The van der Waals surface area contributed by atoms with Crippen molar-refractivity contribution in [2.45, 2.75) is 38.5 Å². The number of carboxylic acids is 1. The van der Waals surface area contributed by atoms with Gasteiger partial charge in [-0.15, -0.1) is 0 Å². The summed E-state index contributed by atoms with van der Waals surface area (Å²) in [7, 11) is 0. The molecule has 1 aromatic carbocycles. The first-order valence-corrected chi connectivity index (χ1v) is 9.03. The summed E-state index contributed by atoms with van der Waals surface area (Å²) >= 11 is 5.71. The Morgan fingerprint density at radius 1 is 1.24 bits per heavy atom. The fourth-order valence-corrected chi connectivity index (χ4v) is 3.39. The van der Waals surface area contributed by atoms with E-state index in [4.69, 9.17) is 16.7 Å². The number of carboxylic acid groups (broad SMARTS) is 1. The van der Waals surface area contributed by atoms with Gasteiger partial charge < -0.3 is 10.0 Å². The minimum absolute atomic E-state index is 0.0233.